The average Bonchev–Trinajstić information content (AvgIpc) is 2.19. The van der Waals surface area contributed by atoms with Crippen molar-refractivity contribution >= 4 is 5.97 Å². The van der Waals surface area contributed by atoms with Gasteiger partial charge in [-0.1, -0.05) is 23.8 Å². The van der Waals surface area contributed by atoms with Gasteiger partial charge in [0.05, 0.1) is 6.10 Å². The van der Waals surface area contributed by atoms with Gasteiger partial charge in [-0.15, -0.1) is 0 Å². The number of hydrogen-bond acceptors (Lipinski definition) is 2. The first-order valence-electron chi connectivity index (χ1n) is 5.84. The second-order valence-electron chi connectivity index (χ2n) is 4.65. The number of carboxylic acid groups (broad SMARTS) is 1. The van der Waals surface area contributed by atoms with Crippen LogP contribution in [-0.2, 0) is 16.0 Å². The van der Waals surface area contributed by atoms with E-state index >= 15 is 0 Å². The summed E-state index contributed by atoms with van der Waals surface area (Å²) in [5.41, 5.74) is 3.33. The topological polar surface area (TPSA) is 46.5 Å². The maximum Gasteiger partial charge on any atom is 0.333 e. The van der Waals surface area contributed by atoms with Crippen molar-refractivity contribution in [2.45, 2.75) is 46.3 Å². The van der Waals surface area contributed by atoms with Crippen LogP contribution in [0.15, 0.2) is 18.2 Å². The molecule has 94 valence electrons. The van der Waals surface area contributed by atoms with Crippen LogP contribution in [0.5, 0.6) is 0 Å². The molecule has 0 bridgehead atoms. The Labute approximate surface area is 102 Å². The zero-order valence-corrected chi connectivity index (χ0v) is 10.9. The molecule has 1 aromatic rings. The molecular weight excluding hydrogens is 216 g/mol. The molecule has 0 aliphatic heterocycles. The Morgan fingerprint density at radius 2 is 2.00 bits per heavy atom. The van der Waals surface area contributed by atoms with Crippen molar-refractivity contribution in [2.75, 3.05) is 0 Å². The highest BCUT2D eigenvalue weighted by Gasteiger charge is 2.20. The van der Waals surface area contributed by atoms with Gasteiger partial charge in [-0.3, -0.25) is 0 Å². The fourth-order valence-corrected chi connectivity index (χ4v) is 1.80. The van der Waals surface area contributed by atoms with Crippen molar-refractivity contribution in [2.24, 2.45) is 0 Å². The monoisotopic (exact) mass is 236 g/mol. The minimum absolute atomic E-state index is 0.0816. The van der Waals surface area contributed by atoms with Gasteiger partial charge >= 0.3 is 5.97 Å². The second kappa shape index (κ2) is 5.82. The number of rotatable bonds is 5. The van der Waals surface area contributed by atoms with Crippen molar-refractivity contribution in [1.29, 1.82) is 0 Å². The zero-order valence-electron chi connectivity index (χ0n) is 10.9. The summed E-state index contributed by atoms with van der Waals surface area (Å²) in [6.07, 6.45) is -0.433. The smallest absolute Gasteiger partial charge is 0.333 e. The number of aryl methyl sites for hydroxylation is 2. The first-order valence-corrected chi connectivity index (χ1v) is 5.84. The van der Waals surface area contributed by atoms with Gasteiger partial charge in [-0.25, -0.2) is 4.79 Å². The number of carbonyl (C=O) groups is 1. The molecule has 0 saturated heterocycles. The molecule has 0 spiro atoms. The van der Waals surface area contributed by atoms with Crippen LogP contribution >= 0.6 is 0 Å². The lowest BCUT2D eigenvalue weighted by molar-refractivity contribution is -0.153. The molecule has 0 saturated carbocycles. The molecule has 0 unspecified atom stereocenters. The predicted octanol–water partition coefficient (Wildman–Crippen LogP) is 2.72. The van der Waals surface area contributed by atoms with Crippen LogP contribution in [0.25, 0.3) is 0 Å². The Kier molecular flexibility index (Phi) is 4.70. The van der Waals surface area contributed by atoms with Gasteiger partial charge in [0, 0.05) is 6.42 Å². The average molecular weight is 236 g/mol. The normalized spacial score (nSPS) is 12.8. The second-order valence-corrected chi connectivity index (χ2v) is 4.65. The Hall–Kier alpha value is -1.35. The van der Waals surface area contributed by atoms with Crippen LogP contribution < -0.4 is 0 Å². The third-order valence-electron chi connectivity index (χ3n) is 2.62. The van der Waals surface area contributed by atoms with Crippen molar-refractivity contribution in [3.05, 3.63) is 34.9 Å². The summed E-state index contributed by atoms with van der Waals surface area (Å²) in [6.45, 7) is 7.71. The minimum atomic E-state index is -0.904. The molecule has 17 heavy (non-hydrogen) atoms. The molecule has 3 heteroatoms. The van der Waals surface area contributed by atoms with Crippen LogP contribution in [0.4, 0.5) is 0 Å². The lowest BCUT2D eigenvalue weighted by atomic mass is 10.0. The highest BCUT2D eigenvalue weighted by Crippen LogP contribution is 2.15. The fraction of sp³-hybridized carbons (Fsp3) is 0.500. The molecule has 0 aromatic heterocycles. The summed E-state index contributed by atoms with van der Waals surface area (Å²) < 4.78 is 5.40. The molecule has 0 radical (unpaired) electrons. The van der Waals surface area contributed by atoms with Gasteiger partial charge < -0.3 is 9.84 Å². The van der Waals surface area contributed by atoms with E-state index in [0.717, 1.165) is 11.1 Å². The van der Waals surface area contributed by atoms with E-state index < -0.39 is 12.1 Å². The highest BCUT2D eigenvalue weighted by atomic mass is 16.5. The van der Waals surface area contributed by atoms with Crippen molar-refractivity contribution in [3.8, 4) is 0 Å². The van der Waals surface area contributed by atoms with Crippen LogP contribution in [0, 0.1) is 13.8 Å². The first-order chi connectivity index (χ1) is 7.90. The van der Waals surface area contributed by atoms with Crippen LogP contribution in [0.3, 0.4) is 0 Å². The fourth-order valence-electron chi connectivity index (χ4n) is 1.80. The standard InChI is InChI=1S/C14H20O3/c1-9(2)17-13(14(15)16)8-12-6-5-10(3)7-11(12)4/h5-7,9,13H,8H2,1-4H3,(H,15,16)/t13-/m0/s1. The maximum absolute atomic E-state index is 11.1. The molecule has 0 amide bonds. The lowest BCUT2D eigenvalue weighted by Crippen LogP contribution is -2.29. The summed E-state index contributed by atoms with van der Waals surface area (Å²) >= 11 is 0. The Bertz CT molecular complexity index is 396. The molecular formula is C14H20O3. The minimum Gasteiger partial charge on any atom is -0.479 e. The molecule has 1 N–H and O–H groups in total. The van der Waals surface area contributed by atoms with E-state index in [1.54, 1.807) is 0 Å². The van der Waals surface area contributed by atoms with E-state index in [9.17, 15) is 4.79 Å². The van der Waals surface area contributed by atoms with Gasteiger partial charge in [0.15, 0.2) is 6.10 Å². The zero-order chi connectivity index (χ0) is 13.0. The number of carboxylic acids is 1. The lowest BCUT2D eigenvalue weighted by Gasteiger charge is -2.17. The van der Waals surface area contributed by atoms with E-state index in [4.69, 9.17) is 9.84 Å². The van der Waals surface area contributed by atoms with E-state index in [1.165, 1.54) is 5.56 Å². The number of hydrogen-bond donors (Lipinski definition) is 1. The summed E-state index contributed by atoms with van der Waals surface area (Å²) in [5.74, 6) is -0.904. The third-order valence-corrected chi connectivity index (χ3v) is 2.62. The molecule has 3 nitrogen and oxygen atoms in total. The van der Waals surface area contributed by atoms with Crippen molar-refractivity contribution in [3.63, 3.8) is 0 Å². The molecule has 1 rings (SSSR count). The maximum atomic E-state index is 11.1. The summed E-state index contributed by atoms with van der Waals surface area (Å²) in [5, 5.41) is 9.10. The van der Waals surface area contributed by atoms with Gasteiger partial charge in [-0.05, 0) is 38.8 Å². The highest BCUT2D eigenvalue weighted by molar-refractivity contribution is 5.72. The van der Waals surface area contributed by atoms with Gasteiger partial charge in [-0.2, -0.15) is 0 Å². The van der Waals surface area contributed by atoms with Crippen LogP contribution in [-0.4, -0.2) is 23.3 Å². The van der Waals surface area contributed by atoms with Gasteiger partial charge in [0.2, 0.25) is 0 Å². The van der Waals surface area contributed by atoms with E-state index in [-0.39, 0.29) is 6.10 Å². The molecule has 1 atom stereocenters. The first kappa shape index (κ1) is 13.7. The quantitative estimate of drug-likeness (QED) is 0.855. The third kappa shape index (κ3) is 4.19. The van der Waals surface area contributed by atoms with Gasteiger partial charge in [0.1, 0.15) is 0 Å². The molecule has 0 fully saturated rings. The SMILES string of the molecule is Cc1ccc(C[C@H](OC(C)C)C(=O)O)c(C)c1. The molecule has 0 heterocycles. The van der Waals surface area contributed by atoms with Crippen molar-refractivity contribution in [1.82, 2.24) is 0 Å². The van der Waals surface area contributed by atoms with Crippen molar-refractivity contribution < 1.29 is 14.6 Å². The van der Waals surface area contributed by atoms with E-state index in [0.29, 0.717) is 6.42 Å². The largest absolute Gasteiger partial charge is 0.479 e. The van der Waals surface area contributed by atoms with Crippen LogP contribution in [0.2, 0.25) is 0 Å². The summed E-state index contributed by atoms with van der Waals surface area (Å²) in [4.78, 5) is 11.1. The number of aliphatic carboxylic acids is 1. The van der Waals surface area contributed by atoms with Crippen LogP contribution in [0.1, 0.15) is 30.5 Å². The molecule has 1 aromatic carbocycles. The van der Waals surface area contributed by atoms with E-state index in [1.807, 2.05) is 39.8 Å². The molecule has 0 aliphatic rings. The number of benzene rings is 1. The Balaban J connectivity index is 2.82. The summed E-state index contributed by atoms with van der Waals surface area (Å²) in [6, 6.07) is 6.03. The molecule has 0 aliphatic carbocycles. The Morgan fingerprint density at radius 3 is 2.47 bits per heavy atom. The van der Waals surface area contributed by atoms with Gasteiger partial charge in [0.25, 0.3) is 0 Å². The Morgan fingerprint density at radius 1 is 1.35 bits per heavy atom. The predicted molar refractivity (Wildman–Crippen MR) is 67.3 cm³/mol. The summed E-state index contributed by atoms with van der Waals surface area (Å²) in [7, 11) is 0. The number of ether oxygens (including phenoxy) is 1. The van der Waals surface area contributed by atoms with E-state index in [2.05, 4.69) is 6.07 Å².